The Labute approximate surface area is 159 Å². The third-order valence-electron chi connectivity index (χ3n) is 4.74. The van der Waals surface area contributed by atoms with Crippen LogP contribution < -0.4 is 5.32 Å². The van der Waals surface area contributed by atoms with Crippen molar-refractivity contribution in [2.45, 2.75) is 26.2 Å². The van der Waals surface area contributed by atoms with Gasteiger partial charge < -0.3 is 5.32 Å². The number of nitrogens with zero attached hydrogens (tertiary/aromatic N) is 4. The van der Waals surface area contributed by atoms with Crippen LogP contribution in [0.25, 0.3) is 5.78 Å². The average molecular weight is 357 g/mol. The first-order valence-corrected chi connectivity index (χ1v) is 9.25. The first kappa shape index (κ1) is 17.2. The number of rotatable bonds is 6. The summed E-state index contributed by atoms with van der Waals surface area (Å²) in [5.41, 5.74) is 4.62. The molecule has 0 aliphatic heterocycles. The highest BCUT2D eigenvalue weighted by Crippen LogP contribution is 2.27. The molecular weight excluding hydrogens is 334 g/mol. The predicted molar refractivity (Wildman–Crippen MR) is 108 cm³/mol. The summed E-state index contributed by atoms with van der Waals surface area (Å²) >= 11 is 0. The van der Waals surface area contributed by atoms with Crippen LogP contribution in [-0.2, 0) is 0 Å². The maximum atomic E-state index is 4.53. The lowest BCUT2D eigenvalue weighted by molar-refractivity contribution is 0.740. The molecule has 0 fully saturated rings. The average Bonchev–Trinajstić information content (AvgIpc) is 3.10. The molecule has 0 amide bonds. The van der Waals surface area contributed by atoms with Gasteiger partial charge in [0, 0.05) is 23.9 Å². The molecule has 4 rings (SSSR count). The minimum Gasteiger partial charge on any atom is -0.353 e. The molecule has 0 bridgehead atoms. The number of anilines is 1. The third-order valence-corrected chi connectivity index (χ3v) is 4.74. The molecule has 0 saturated carbocycles. The Balaban J connectivity index is 1.51. The molecule has 2 heterocycles. The Morgan fingerprint density at radius 1 is 0.889 bits per heavy atom. The SMILES string of the molecule is Cc1cc(C)n2nc(NCCC(c3ccccc3)c3ccccc3)nc2n1. The van der Waals surface area contributed by atoms with Crippen LogP contribution in [-0.4, -0.2) is 26.1 Å². The fourth-order valence-corrected chi connectivity index (χ4v) is 3.47. The van der Waals surface area contributed by atoms with Crippen LogP contribution in [0.1, 0.15) is 34.9 Å². The van der Waals surface area contributed by atoms with Crippen LogP contribution in [0.15, 0.2) is 66.7 Å². The zero-order valence-electron chi connectivity index (χ0n) is 15.6. The molecule has 0 unspecified atom stereocenters. The molecule has 2 aromatic heterocycles. The Morgan fingerprint density at radius 2 is 1.52 bits per heavy atom. The molecule has 0 saturated heterocycles. The monoisotopic (exact) mass is 357 g/mol. The van der Waals surface area contributed by atoms with E-state index < -0.39 is 0 Å². The highest BCUT2D eigenvalue weighted by Gasteiger charge is 2.14. The number of hydrogen-bond donors (Lipinski definition) is 1. The second-order valence-corrected chi connectivity index (χ2v) is 6.78. The Morgan fingerprint density at radius 3 is 2.15 bits per heavy atom. The van der Waals surface area contributed by atoms with Crippen molar-refractivity contribution in [2.24, 2.45) is 0 Å². The van der Waals surface area contributed by atoms with Crippen molar-refractivity contribution in [1.29, 1.82) is 0 Å². The topological polar surface area (TPSA) is 55.1 Å². The Kier molecular flexibility index (Phi) is 4.83. The summed E-state index contributed by atoms with van der Waals surface area (Å²) in [5.74, 6) is 1.59. The summed E-state index contributed by atoms with van der Waals surface area (Å²) in [7, 11) is 0. The molecule has 0 aliphatic carbocycles. The second kappa shape index (κ2) is 7.58. The van der Waals surface area contributed by atoms with E-state index in [9.17, 15) is 0 Å². The van der Waals surface area contributed by atoms with Gasteiger partial charge in [0.2, 0.25) is 5.95 Å². The van der Waals surface area contributed by atoms with Gasteiger partial charge in [-0.15, -0.1) is 5.10 Å². The van der Waals surface area contributed by atoms with Crippen LogP contribution in [0.2, 0.25) is 0 Å². The van der Waals surface area contributed by atoms with E-state index in [1.54, 1.807) is 4.52 Å². The summed E-state index contributed by atoms with van der Waals surface area (Å²) in [5, 5.41) is 7.90. The van der Waals surface area contributed by atoms with Crippen molar-refractivity contribution in [1.82, 2.24) is 19.6 Å². The van der Waals surface area contributed by atoms with Crippen LogP contribution in [0.5, 0.6) is 0 Å². The molecule has 5 heteroatoms. The summed E-state index contributed by atoms with van der Waals surface area (Å²) < 4.78 is 1.78. The summed E-state index contributed by atoms with van der Waals surface area (Å²) in [6.45, 7) is 4.77. The molecule has 27 heavy (non-hydrogen) atoms. The molecule has 2 aromatic carbocycles. The number of aryl methyl sites for hydroxylation is 2. The minimum atomic E-state index is 0.332. The number of fused-ring (bicyclic) bond motifs is 1. The Hall–Kier alpha value is -3.21. The first-order valence-electron chi connectivity index (χ1n) is 9.25. The van der Waals surface area contributed by atoms with Crippen molar-refractivity contribution in [3.05, 3.63) is 89.2 Å². The van der Waals surface area contributed by atoms with E-state index in [0.717, 1.165) is 24.4 Å². The van der Waals surface area contributed by atoms with Crippen LogP contribution in [0.3, 0.4) is 0 Å². The smallest absolute Gasteiger partial charge is 0.254 e. The molecule has 0 spiro atoms. The zero-order chi connectivity index (χ0) is 18.6. The van der Waals surface area contributed by atoms with E-state index in [2.05, 4.69) is 81.0 Å². The molecule has 0 aliphatic rings. The fourth-order valence-electron chi connectivity index (χ4n) is 3.47. The molecule has 4 aromatic rings. The highest BCUT2D eigenvalue weighted by atomic mass is 15.4. The maximum absolute atomic E-state index is 4.53. The highest BCUT2D eigenvalue weighted by molar-refractivity contribution is 5.39. The lowest BCUT2D eigenvalue weighted by atomic mass is 9.88. The van der Waals surface area contributed by atoms with Crippen LogP contribution in [0, 0.1) is 13.8 Å². The van der Waals surface area contributed by atoms with E-state index >= 15 is 0 Å². The van der Waals surface area contributed by atoms with Crippen molar-refractivity contribution in [2.75, 3.05) is 11.9 Å². The molecule has 0 atom stereocenters. The van der Waals surface area contributed by atoms with Gasteiger partial charge in [-0.2, -0.15) is 9.50 Å². The van der Waals surface area contributed by atoms with E-state index in [4.69, 9.17) is 0 Å². The first-order chi connectivity index (χ1) is 13.2. The molecule has 0 radical (unpaired) electrons. The van der Waals surface area contributed by atoms with Crippen molar-refractivity contribution < 1.29 is 0 Å². The number of aromatic nitrogens is 4. The van der Waals surface area contributed by atoms with Crippen molar-refractivity contribution in [3.8, 4) is 0 Å². The van der Waals surface area contributed by atoms with E-state index in [1.807, 2.05) is 19.9 Å². The van der Waals surface area contributed by atoms with Crippen LogP contribution in [0.4, 0.5) is 5.95 Å². The standard InChI is InChI=1S/C22H23N5/c1-16-15-17(2)27-22(24-16)25-21(26-27)23-14-13-20(18-9-5-3-6-10-18)19-11-7-4-8-12-19/h3-12,15,20H,13-14H2,1-2H3,(H,23,26). The zero-order valence-corrected chi connectivity index (χ0v) is 15.6. The van der Waals surface area contributed by atoms with E-state index in [0.29, 0.717) is 17.6 Å². The third kappa shape index (κ3) is 3.82. The van der Waals surface area contributed by atoms with Gasteiger partial charge in [-0.05, 0) is 37.5 Å². The van der Waals surface area contributed by atoms with Crippen LogP contribution >= 0.6 is 0 Å². The van der Waals surface area contributed by atoms with Crippen molar-refractivity contribution >= 4 is 11.7 Å². The second-order valence-electron chi connectivity index (χ2n) is 6.78. The van der Waals surface area contributed by atoms with E-state index in [1.165, 1.54) is 11.1 Å². The molecule has 136 valence electrons. The van der Waals surface area contributed by atoms with Gasteiger partial charge in [0.25, 0.3) is 5.78 Å². The van der Waals surface area contributed by atoms with Gasteiger partial charge in [-0.25, -0.2) is 4.98 Å². The largest absolute Gasteiger partial charge is 0.353 e. The van der Waals surface area contributed by atoms with Gasteiger partial charge in [-0.3, -0.25) is 0 Å². The maximum Gasteiger partial charge on any atom is 0.254 e. The quantitative estimate of drug-likeness (QED) is 0.556. The number of hydrogen-bond acceptors (Lipinski definition) is 4. The van der Waals surface area contributed by atoms with E-state index in [-0.39, 0.29) is 0 Å². The molecular formula is C22H23N5. The lowest BCUT2D eigenvalue weighted by Crippen LogP contribution is -2.10. The van der Waals surface area contributed by atoms with Gasteiger partial charge in [0.1, 0.15) is 0 Å². The van der Waals surface area contributed by atoms with Gasteiger partial charge >= 0.3 is 0 Å². The normalized spacial score (nSPS) is 11.2. The van der Waals surface area contributed by atoms with Gasteiger partial charge in [0.15, 0.2) is 0 Å². The summed E-state index contributed by atoms with van der Waals surface area (Å²) in [4.78, 5) is 8.95. The van der Waals surface area contributed by atoms with Gasteiger partial charge in [-0.1, -0.05) is 60.7 Å². The van der Waals surface area contributed by atoms with Gasteiger partial charge in [0.05, 0.1) is 0 Å². The predicted octanol–water partition coefficient (Wildman–Crippen LogP) is 4.38. The Bertz CT molecular complexity index is 985. The number of nitrogens with one attached hydrogen (secondary N) is 1. The molecule has 5 nitrogen and oxygen atoms in total. The molecule has 1 N–H and O–H groups in total. The fraction of sp³-hybridized carbons (Fsp3) is 0.227. The van der Waals surface area contributed by atoms with Crippen molar-refractivity contribution in [3.63, 3.8) is 0 Å². The summed E-state index contributed by atoms with van der Waals surface area (Å²) in [6, 6.07) is 23.3. The minimum absolute atomic E-state index is 0.332. The number of benzene rings is 2. The lowest BCUT2D eigenvalue weighted by Gasteiger charge is -2.18. The summed E-state index contributed by atoms with van der Waals surface area (Å²) in [6.07, 6.45) is 0.953.